The molecule has 0 aliphatic heterocycles. The number of hydrogen-bond donors (Lipinski definition) is 1. The largest absolute Gasteiger partial charge is 0.385 e. The van der Waals surface area contributed by atoms with Gasteiger partial charge in [0.15, 0.2) is 0 Å². The lowest BCUT2D eigenvalue weighted by atomic mass is 9.84. The van der Waals surface area contributed by atoms with Crippen LogP contribution >= 0.6 is 0 Å². The summed E-state index contributed by atoms with van der Waals surface area (Å²) in [5, 5.41) is 19.7. The Labute approximate surface area is 222 Å². The average molecular weight is 490 g/mol. The molecule has 38 heavy (non-hydrogen) atoms. The first-order valence-corrected chi connectivity index (χ1v) is 13.1. The van der Waals surface area contributed by atoms with Crippen LogP contribution in [0.3, 0.4) is 0 Å². The third-order valence-electron chi connectivity index (χ3n) is 7.57. The molecule has 182 valence electrons. The highest BCUT2D eigenvalue weighted by atomic mass is 15.1. The topological polar surface area (TPSA) is 37.8 Å². The fourth-order valence-electron chi connectivity index (χ4n) is 5.75. The second-order valence-corrected chi connectivity index (χ2v) is 9.91. The van der Waals surface area contributed by atoms with Gasteiger partial charge in [0.05, 0.1) is 5.69 Å². The summed E-state index contributed by atoms with van der Waals surface area (Å²) >= 11 is 0. The Hall–Kier alpha value is -4.76. The van der Waals surface area contributed by atoms with Gasteiger partial charge in [0, 0.05) is 24.0 Å². The van der Waals surface area contributed by atoms with Gasteiger partial charge >= 0.3 is 0 Å². The van der Waals surface area contributed by atoms with Crippen LogP contribution in [0.5, 0.6) is 0 Å². The summed E-state index contributed by atoms with van der Waals surface area (Å²) in [7, 11) is 0. The summed E-state index contributed by atoms with van der Waals surface area (Å²) in [4.78, 5) is 0. The highest BCUT2D eigenvalue weighted by Crippen LogP contribution is 2.45. The van der Waals surface area contributed by atoms with Gasteiger partial charge in [-0.3, -0.25) is 0 Å². The molecule has 0 saturated heterocycles. The molecule has 7 aromatic rings. The van der Waals surface area contributed by atoms with Crippen molar-refractivity contribution in [3.8, 4) is 33.5 Å². The molecule has 0 aliphatic carbocycles. The predicted octanol–water partition coefficient (Wildman–Crippen LogP) is 9.12. The summed E-state index contributed by atoms with van der Waals surface area (Å²) in [6, 6.07) is 37.5. The van der Waals surface area contributed by atoms with Gasteiger partial charge < -0.3 is 5.32 Å². The van der Waals surface area contributed by atoms with Crippen molar-refractivity contribution in [2.75, 3.05) is 11.9 Å². The first-order chi connectivity index (χ1) is 18.7. The maximum absolute atomic E-state index is 4.51. The molecule has 0 amide bonds. The van der Waals surface area contributed by atoms with Crippen LogP contribution in [-0.2, 0) is 0 Å². The Morgan fingerprint density at radius 3 is 2.03 bits per heavy atom. The van der Waals surface area contributed by atoms with Crippen LogP contribution in [-0.4, -0.2) is 16.7 Å². The first-order valence-electron chi connectivity index (χ1n) is 13.1. The molecule has 1 heterocycles. The van der Waals surface area contributed by atoms with Crippen molar-refractivity contribution in [3.63, 3.8) is 0 Å². The van der Waals surface area contributed by atoms with Gasteiger partial charge in [-0.05, 0) is 98.8 Å². The van der Waals surface area contributed by atoms with E-state index in [0.29, 0.717) is 0 Å². The van der Waals surface area contributed by atoms with E-state index < -0.39 is 0 Å². The van der Waals surface area contributed by atoms with Crippen LogP contribution in [0.1, 0.15) is 12.5 Å². The summed E-state index contributed by atoms with van der Waals surface area (Å²) in [5.41, 5.74) is 9.28. The SMILES string of the molecule is CCNc1ccc(-c2ccc3ccc4c(-c5ccc(C)cc5)cc(-c5cccnn5)c5ccc2c3c45)cc1. The van der Waals surface area contributed by atoms with Crippen molar-refractivity contribution < 1.29 is 0 Å². The molecule has 0 fully saturated rings. The Morgan fingerprint density at radius 1 is 0.632 bits per heavy atom. The van der Waals surface area contributed by atoms with Gasteiger partial charge in [-0.25, -0.2) is 0 Å². The van der Waals surface area contributed by atoms with Gasteiger partial charge in [-0.2, -0.15) is 10.2 Å². The average Bonchev–Trinajstić information content (AvgIpc) is 2.97. The van der Waals surface area contributed by atoms with Gasteiger partial charge in [0.1, 0.15) is 0 Å². The molecular weight excluding hydrogens is 462 g/mol. The molecule has 6 aromatic carbocycles. The van der Waals surface area contributed by atoms with Gasteiger partial charge in [-0.1, -0.05) is 78.4 Å². The lowest BCUT2D eigenvalue weighted by Crippen LogP contribution is -1.96. The van der Waals surface area contributed by atoms with Gasteiger partial charge in [-0.15, -0.1) is 0 Å². The molecule has 0 atom stereocenters. The predicted molar refractivity (Wildman–Crippen MR) is 161 cm³/mol. The first kappa shape index (κ1) is 22.4. The van der Waals surface area contributed by atoms with E-state index >= 15 is 0 Å². The Morgan fingerprint density at radius 2 is 1.29 bits per heavy atom. The number of nitrogens with one attached hydrogen (secondary N) is 1. The fraction of sp³-hybridized carbons (Fsp3) is 0.0857. The second-order valence-electron chi connectivity index (χ2n) is 9.91. The van der Waals surface area contributed by atoms with Crippen molar-refractivity contribution in [1.82, 2.24) is 10.2 Å². The molecule has 0 aliphatic rings. The van der Waals surface area contributed by atoms with E-state index in [4.69, 9.17) is 0 Å². The van der Waals surface area contributed by atoms with Gasteiger partial charge in [0.2, 0.25) is 0 Å². The van der Waals surface area contributed by atoms with E-state index in [-0.39, 0.29) is 0 Å². The standard InChI is InChI=1S/C35H27N3/c1-3-36-26-14-10-23(11-15-26)27-16-12-25-13-17-29-31(24-8-6-22(2)7-9-24)21-32(33-5-4-20-37-38-33)30-19-18-28(27)34(25)35(29)30/h4-21,36H,3H2,1-2H3. The smallest absolute Gasteiger partial charge is 0.0936 e. The third kappa shape index (κ3) is 3.59. The summed E-state index contributed by atoms with van der Waals surface area (Å²) < 4.78 is 0. The van der Waals surface area contributed by atoms with Crippen molar-refractivity contribution in [3.05, 3.63) is 115 Å². The van der Waals surface area contributed by atoms with Gasteiger partial charge in [0.25, 0.3) is 0 Å². The molecule has 0 bridgehead atoms. The van der Waals surface area contributed by atoms with E-state index in [9.17, 15) is 0 Å². The third-order valence-corrected chi connectivity index (χ3v) is 7.57. The molecule has 0 spiro atoms. The Kier molecular flexibility index (Phi) is 5.29. The van der Waals surface area contributed by atoms with E-state index in [1.165, 1.54) is 60.1 Å². The van der Waals surface area contributed by atoms with E-state index in [1.807, 2.05) is 6.07 Å². The summed E-state index contributed by atoms with van der Waals surface area (Å²) in [6.45, 7) is 5.16. The highest BCUT2D eigenvalue weighted by molar-refractivity contribution is 6.29. The quantitative estimate of drug-likeness (QED) is 0.245. The number of anilines is 1. The minimum absolute atomic E-state index is 0.887. The summed E-state index contributed by atoms with van der Waals surface area (Å²) in [5.74, 6) is 0. The Bertz CT molecular complexity index is 1910. The molecule has 3 nitrogen and oxygen atoms in total. The van der Waals surface area contributed by atoms with Crippen molar-refractivity contribution in [1.29, 1.82) is 0 Å². The maximum Gasteiger partial charge on any atom is 0.0936 e. The van der Waals surface area contributed by atoms with Crippen LogP contribution in [0.2, 0.25) is 0 Å². The molecule has 0 saturated carbocycles. The maximum atomic E-state index is 4.51. The minimum atomic E-state index is 0.887. The summed E-state index contributed by atoms with van der Waals surface area (Å²) in [6.07, 6.45) is 1.73. The zero-order valence-electron chi connectivity index (χ0n) is 21.5. The van der Waals surface area contributed by atoms with E-state index in [1.54, 1.807) is 6.20 Å². The molecule has 0 unspecified atom stereocenters. The number of nitrogens with zero attached hydrogens (tertiary/aromatic N) is 2. The molecular formula is C35H27N3. The van der Waals surface area contributed by atoms with Crippen molar-refractivity contribution in [2.24, 2.45) is 0 Å². The second kappa shape index (κ2) is 8.97. The van der Waals surface area contributed by atoms with E-state index in [2.05, 4.69) is 126 Å². The molecule has 1 N–H and O–H groups in total. The highest BCUT2D eigenvalue weighted by Gasteiger charge is 2.18. The number of aromatic nitrogens is 2. The molecule has 7 rings (SSSR count). The Balaban J connectivity index is 1.57. The van der Waals surface area contributed by atoms with Crippen LogP contribution in [0.4, 0.5) is 5.69 Å². The van der Waals surface area contributed by atoms with Crippen LogP contribution in [0.25, 0.3) is 65.8 Å². The molecule has 0 radical (unpaired) electrons. The van der Waals surface area contributed by atoms with Crippen LogP contribution in [0, 0.1) is 6.92 Å². The van der Waals surface area contributed by atoms with Crippen LogP contribution in [0.15, 0.2) is 109 Å². The number of hydrogen-bond acceptors (Lipinski definition) is 3. The van der Waals surface area contributed by atoms with Crippen molar-refractivity contribution in [2.45, 2.75) is 13.8 Å². The van der Waals surface area contributed by atoms with Crippen LogP contribution < -0.4 is 5.32 Å². The number of aryl methyl sites for hydroxylation is 1. The molecule has 1 aromatic heterocycles. The zero-order valence-corrected chi connectivity index (χ0v) is 21.5. The monoisotopic (exact) mass is 489 g/mol. The zero-order chi connectivity index (χ0) is 25.6. The minimum Gasteiger partial charge on any atom is -0.385 e. The number of rotatable bonds is 5. The van der Waals surface area contributed by atoms with Crippen molar-refractivity contribution >= 4 is 38.0 Å². The number of benzene rings is 6. The normalized spacial score (nSPS) is 11.5. The molecule has 3 heteroatoms. The van der Waals surface area contributed by atoms with E-state index in [0.717, 1.165) is 23.5 Å². The lowest BCUT2D eigenvalue weighted by Gasteiger charge is -2.19. The lowest BCUT2D eigenvalue weighted by molar-refractivity contribution is 1.04. The fourth-order valence-corrected chi connectivity index (χ4v) is 5.75.